The third-order valence-electron chi connectivity index (χ3n) is 7.36. The molecule has 0 saturated carbocycles. The van der Waals surface area contributed by atoms with Crippen LogP contribution in [0, 0.1) is 11.8 Å². The monoisotopic (exact) mass is 633 g/mol. The minimum atomic E-state index is -2.07. The summed E-state index contributed by atoms with van der Waals surface area (Å²) in [5, 5.41) is 0.0826. The van der Waals surface area contributed by atoms with Gasteiger partial charge in [-0.1, -0.05) is 87.1 Å². The van der Waals surface area contributed by atoms with Crippen LogP contribution in [-0.2, 0) is 13.9 Å². The van der Waals surface area contributed by atoms with Gasteiger partial charge < -0.3 is 13.9 Å². The van der Waals surface area contributed by atoms with E-state index in [1.165, 1.54) is 5.57 Å². The minimum absolute atomic E-state index is 0.0546. The van der Waals surface area contributed by atoms with Crippen molar-refractivity contribution >= 4 is 37.0 Å². The van der Waals surface area contributed by atoms with Gasteiger partial charge in [-0.25, -0.2) is 4.79 Å². The van der Waals surface area contributed by atoms with Gasteiger partial charge in [-0.3, -0.25) is 4.90 Å². The van der Waals surface area contributed by atoms with Crippen LogP contribution < -0.4 is 0 Å². The van der Waals surface area contributed by atoms with Crippen LogP contribution in [0.1, 0.15) is 83.1 Å². The standard InChI is InChI=1S/C29H52INO4Si/c1-20(16-15-19-30)17-18-21(2)24(35-36(13,14)28(8,9)10)22(3)25-23(4)31(29(11,12)33-25)26(32)34-27(5,6)7/h15-19,21-25H,1-14H3/b18-17+,19-15+,20-16+/t21-,22+,23-,24-,25+/m1/s1. The Kier molecular flexibility index (Phi) is 11.6. The topological polar surface area (TPSA) is 48.0 Å². The number of halogens is 1. The van der Waals surface area contributed by atoms with Crippen molar-refractivity contribution in [3.05, 3.63) is 34.0 Å². The summed E-state index contributed by atoms with van der Waals surface area (Å²) >= 11 is 2.23. The van der Waals surface area contributed by atoms with Crippen LogP contribution in [0.15, 0.2) is 34.0 Å². The molecule has 0 radical (unpaired) electrons. The van der Waals surface area contributed by atoms with E-state index in [0.29, 0.717) is 0 Å². The van der Waals surface area contributed by atoms with Gasteiger partial charge in [0.2, 0.25) is 0 Å². The van der Waals surface area contributed by atoms with Gasteiger partial charge in [0.05, 0.1) is 18.2 Å². The van der Waals surface area contributed by atoms with Gasteiger partial charge in [-0.05, 0) is 76.6 Å². The molecular formula is C29H52INO4Si. The SMILES string of the molecule is CC(/C=C/[C@@H](C)[C@@H](O[Si](C)(C)C(C)(C)C)[C@H](C)[C@@H]1OC(C)(C)N(C(=O)OC(C)(C)C)[C@@H]1C)=C\C=C\I. The molecule has 1 fully saturated rings. The lowest BCUT2D eigenvalue weighted by molar-refractivity contribution is -0.100. The fraction of sp³-hybridized carbons (Fsp3) is 0.759. The molecule has 36 heavy (non-hydrogen) atoms. The average molecular weight is 634 g/mol. The predicted molar refractivity (Wildman–Crippen MR) is 163 cm³/mol. The molecule has 0 aliphatic carbocycles. The van der Waals surface area contributed by atoms with Crippen LogP contribution in [0.5, 0.6) is 0 Å². The maximum absolute atomic E-state index is 13.2. The van der Waals surface area contributed by atoms with Gasteiger partial charge >= 0.3 is 6.09 Å². The molecule has 5 atom stereocenters. The van der Waals surface area contributed by atoms with E-state index in [1.807, 2.05) is 44.8 Å². The fourth-order valence-corrected chi connectivity index (χ4v) is 6.09. The zero-order chi connectivity index (χ0) is 28.3. The summed E-state index contributed by atoms with van der Waals surface area (Å²) in [5.74, 6) is 0.217. The Labute approximate surface area is 236 Å². The summed E-state index contributed by atoms with van der Waals surface area (Å²) in [6.45, 7) is 29.6. The van der Waals surface area contributed by atoms with E-state index in [2.05, 4.69) is 102 Å². The van der Waals surface area contributed by atoms with Crippen molar-refractivity contribution < 1.29 is 18.7 Å². The molecular weight excluding hydrogens is 581 g/mol. The number of hydrogen-bond donors (Lipinski definition) is 0. The lowest BCUT2D eigenvalue weighted by Crippen LogP contribution is -2.51. The molecule has 0 aromatic heterocycles. The lowest BCUT2D eigenvalue weighted by Gasteiger charge is -2.43. The Balaban J connectivity index is 3.36. The molecule has 1 aliphatic rings. The second kappa shape index (κ2) is 12.5. The van der Waals surface area contributed by atoms with Crippen molar-refractivity contribution in [3.63, 3.8) is 0 Å². The number of rotatable bonds is 8. The number of hydrogen-bond acceptors (Lipinski definition) is 4. The Morgan fingerprint density at radius 3 is 2.17 bits per heavy atom. The molecule has 0 spiro atoms. The number of ether oxygens (including phenoxy) is 2. The van der Waals surface area contributed by atoms with Crippen LogP contribution in [0.2, 0.25) is 18.1 Å². The van der Waals surface area contributed by atoms with Gasteiger partial charge in [0.25, 0.3) is 0 Å². The normalized spacial score (nSPS) is 24.4. The van der Waals surface area contributed by atoms with Crippen molar-refractivity contribution in [2.24, 2.45) is 11.8 Å². The molecule has 208 valence electrons. The third-order valence-corrected chi connectivity index (χ3v) is 12.3. The van der Waals surface area contributed by atoms with Crippen molar-refractivity contribution in [1.82, 2.24) is 4.90 Å². The number of amides is 1. The van der Waals surface area contributed by atoms with E-state index < -0.39 is 19.6 Å². The summed E-state index contributed by atoms with van der Waals surface area (Å²) < 4.78 is 21.4. The van der Waals surface area contributed by atoms with Crippen molar-refractivity contribution in [1.29, 1.82) is 0 Å². The van der Waals surface area contributed by atoms with Crippen LogP contribution in [0.4, 0.5) is 4.79 Å². The van der Waals surface area contributed by atoms with E-state index in [4.69, 9.17) is 13.9 Å². The summed E-state index contributed by atoms with van der Waals surface area (Å²) in [6.07, 6.45) is 7.98. The largest absolute Gasteiger partial charge is 0.444 e. The Hall–Kier alpha value is -0.643. The Morgan fingerprint density at radius 2 is 1.69 bits per heavy atom. The maximum Gasteiger partial charge on any atom is 0.412 e. The molecule has 1 saturated heterocycles. The molecule has 0 N–H and O–H groups in total. The minimum Gasteiger partial charge on any atom is -0.444 e. The first-order valence-corrected chi connectivity index (χ1v) is 17.3. The zero-order valence-corrected chi connectivity index (χ0v) is 28.4. The fourth-order valence-electron chi connectivity index (χ4n) is 4.42. The van der Waals surface area contributed by atoms with E-state index in [1.54, 1.807) is 4.90 Å². The van der Waals surface area contributed by atoms with E-state index in [0.717, 1.165) is 0 Å². The van der Waals surface area contributed by atoms with Gasteiger partial charge in [0, 0.05) is 5.92 Å². The van der Waals surface area contributed by atoms with E-state index in [9.17, 15) is 4.79 Å². The molecule has 0 unspecified atom stereocenters. The molecule has 0 aromatic rings. The van der Waals surface area contributed by atoms with Crippen LogP contribution in [0.25, 0.3) is 0 Å². The van der Waals surface area contributed by atoms with Crippen LogP contribution >= 0.6 is 22.6 Å². The number of carbonyl (C=O) groups excluding carboxylic acids is 1. The van der Waals surface area contributed by atoms with Gasteiger partial charge in [0.1, 0.15) is 11.3 Å². The lowest BCUT2D eigenvalue weighted by atomic mass is 9.86. The predicted octanol–water partition coefficient (Wildman–Crippen LogP) is 8.86. The highest BCUT2D eigenvalue weighted by Crippen LogP contribution is 2.43. The van der Waals surface area contributed by atoms with Gasteiger partial charge in [-0.15, -0.1) is 0 Å². The third kappa shape index (κ3) is 8.98. The first-order valence-electron chi connectivity index (χ1n) is 13.1. The molecule has 7 heteroatoms. The summed E-state index contributed by atoms with van der Waals surface area (Å²) in [7, 11) is -2.07. The number of allylic oxidation sites excluding steroid dienone is 4. The molecule has 5 nitrogen and oxygen atoms in total. The summed E-state index contributed by atoms with van der Waals surface area (Å²) in [4.78, 5) is 14.9. The van der Waals surface area contributed by atoms with Gasteiger partial charge in [0.15, 0.2) is 8.32 Å². The molecule has 1 aliphatic heterocycles. The average Bonchev–Trinajstić information content (AvgIpc) is 2.94. The van der Waals surface area contributed by atoms with E-state index in [-0.39, 0.29) is 41.2 Å². The summed E-state index contributed by atoms with van der Waals surface area (Å²) in [6, 6.07) is -0.151. The zero-order valence-electron chi connectivity index (χ0n) is 25.2. The van der Waals surface area contributed by atoms with Crippen molar-refractivity contribution in [3.8, 4) is 0 Å². The number of nitrogens with zero attached hydrogens (tertiary/aromatic N) is 1. The highest BCUT2D eigenvalue weighted by molar-refractivity contribution is 14.1. The van der Waals surface area contributed by atoms with Crippen LogP contribution in [0.3, 0.4) is 0 Å². The Morgan fingerprint density at radius 1 is 1.14 bits per heavy atom. The molecule has 1 rings (SSSR count). The highest BCUT2D eigenvalue weighted by Gasteiger charge is 2.53. The molecule has 0 aromatic carbocycles. The second-order valence-electron chi connectivity index (χ2n) is 13.3. The van der Waals surface area contributed by atoms with Crippen LogP contribution in [-0.4, -0.2) is 48.9 Å². The molecule has 0 bridgehead atoms. The summed E-state index contributed by atoms with van der Waals surface area (Å²) in [5.41, 5.74) is -0.148. The van der Waals surface area contributed by atoms with Crippen molar-refractivity contribution in [2.45, 2.75) is 131 Å². The number of carbonyl (C=O) groups is 1. The quantitative estimate of drug-likeness (QED) is 0.152. The Bertz CT molecular complexity index is 835. The second-order valence-corrected chi connectivity index (χ2v) is 18.7. The van der Waals surface area contributed by atoms with Gasteiger partial charge in [-0.2, -0.15) is 0 Å². The van der Waals surface area contributed by atoms with Crippen molar-refractivity contribution in [2.75, 3.05) is 0 Å². The first-order chi connectivity index (χ1) is 16.1. The maximum atomic E-state index is 13.2. The first kappa shape index (κ1) is 33.4. The highest BCUT2D eigenvalue weighted by atomic mass is 127. The smallest absolute Gasteiger partial charge is 0.412 e. The molecule has 1 heterocycles. The molecule has 1 amide bonds. The van der Waals surface area contributed by atoms with E-state index >= 15 is 0 Å².